The topological polar surface area (TPSA) is 34.1 Å². The van der Waals surface area contributed by atoms with Gasteiger partial charge in [0.15, 0.2) is 6.29 Å². The van der Waals surface area contributed by atoms with Crippen LogP contribution in [0.5, 0.6) is 0 Å². The molecule has 126 valence electrons. The van der Waals surface area contributed by atoms with Crippen molar-refractivity contribution < 1.29 is 9.47 Å². The molecule has 1 fully saturated rings. The zero-order valence-corrected chi connectivity index (χ0v) is 14.0. The second-order valence-corrected chi connectivity index (χ2v) is 6.34. The van der Waals surface area contributed by atoms with E-state index in [9.17, 15) is 0 Å². The Labute approximate surface area is 139 Å². The number of unbranched alkanes of at least 4 members (excludes halogenated alkanes) is 3. The third-order valence-corrected chi connectivity index (χ3v) is 4.52. The van der Waals surface area contributed by atoms with E-state index in [0.717, 1.165) is 44.8 Å². The van der Waals surface area contributed by atoms with Crippen LogP contribution in [0, 0.1) is 0 Å². The van der Waals surface area contributed by atoms with Crippen molar-refractivity contribution >= 4 is 6.21 Å². The van der Waals surface area contributed by atoms with Gasteiger partial charge in [-0.1, -0.05) is 18.9 Å². The Bertz CT molecular complexity index is 474. The van der Waals surface area contributed by atoms with Crippen LogP contribution < -0.4 is 0 Å². The molecule has 3 rings (SSSR count). The van der Waals surface area contributed by atoms with E-state index < -0.39 is 0 Å². The quantitative estimate of drug-likeness (QED) is 0.639. The molecule has 0 aromatic rings. The van der Waals surface area contributed by atoms with Crippen LogP contribution in [-0.4, -0.2) is 43.7 Å². The highest BCUT2D eigenvalue weighted by atomic mass is 16.7. The average molecular weight is 316 g/mol. The van der Waals surface area contributed by atoms with Crippen molar-refractivity contribution in [2.75, 3.05) is 26.3 Å². The highest BCUT2D eigenvalue weighted by molar-refractivity contribution is 5.77. The maximum absolute atomic E-state index is 5.77. The van der Waals surface area contributed by atoms with Crippen molar-refractivity contribution in [3.63, 3.8) is 0 Å². The van der Waals surface area contributed by atoms with Crippen LogP contribution in [0.2, 0.25) is 0 Å². The van der Waals surface area contributed by atoms with Gasteiger partial charge in [-0.25, -0.2) is 0 Å². The van der Waals surface area contributed by atoms with Gasteiger partial charge in [0.05, 0.1) is 11.4 Å². The molecule has 1 atom stereocenters. The first-order chi connectivity index (χ1) is 11.4. The van der Waals surface area contributed by atoms with Gasteiger partial charge < -0.3 is 14.4 Å². The summed E-state index contributed by atoms with van der Waals surface area (Å²) in [4.78, 5) is 6.83. The number of aliphatic imine (C=N–C) groups is 1. The highest BCUT2D eigenvalue weighted by Crippen LogP contribution is 2.22. The number of rotatable bonds is 8. The lowest BCUT2D eigenvalue weighted by Gasteiger charge is -2.22. The molecule has 0 aromatic heterocycles. The summed E-state index contributed by atoms with van der Waals surface area (Å²) in [6.07, 6.45) is 18.8. The van der Waals surface area contributed by atoms with Crippen molar-refractivity contribution in [2.45, 2.75) is 51.2 Å². The Balaban J connectivity index is 1.25. The predicted octanol–water partition coefficient (Wildman–Crippen LogP) is 3.81. The van der Waals surface area contributed by atoms with Gasteiger partial charge in [-0.3, -0.25) is 4.99 Å². The molecular weight excluding hydrogens is 288 g/mol. The van der Waals surface area contributed by atoms with Crippen molar-refractivity contribution in [1.82, 2.24) is 4.90 Å². The summed E-state index contributed by atoms with van der Waals surface area (Å²) >= 11 is 0. The number of allylic oxidation sites excluding steroid dienone is 3. The van der Waals surface area contributed by atoms with E-state index in [1.54, 1.807) is 0 Å². The molecule has 3 aliphatic heterocycles. The summed E-state index contributed by atoms with van der Waals surface area (Å²) in [7, 11) is 0. The number of hydrogen-bond donors (Lipinski definition) is 0. The monoisotopic (exact) mass is 316 g/mol. The van der Waals surface area contributed by atoms with E-state index in [1.807, 2.05) is 12.3 Å². The van der Waals surface area contributed by atoms with Crippen LogP contribution >= 0.6 is 0 Å². The summed E-state index contributed by atoms with van der Waals surface area (Å²) in [5.41, 5.74) is 2.37. The third-order valence-electron chi connectivity index (χ3n) is 4.52. The SMILES string of the molecule is C1=CC(=C2C=CCN2CCCCCCOC2CCCCO2)N=C1. The Hall–Kier alpha value is -1.39. The minimum Gasteiger partial charge on any atom is -0.366 e. The van der Waals surface area contributed by atoms with Crippen LogP contribution in [0.3, 0.4) is 0 Å². The highest BCUT2D eigenvalue weighted by Gasteiger charge is 2.15. The maximum atomic E-state index is 5.77. The minimum absolute atomic E-state index is 0.0635. The van der Waals surface area contributed by atoms with Gasteiger partial charge >= 0.3 is 0 Å². The van der Waals surface area contributed by atoms with E-state index in [-0.39, 0.29) is 6.29 Å². The fraction of sp³-hybridized carbons (Fsp3) is 0.632. The summed E-state index contributed by atoms with van der Waals surface area (Å²) in [6, 6.07) is 0. The molecular formula is C19H28N2O2. The summed E-state index contributed by atoms with van der Waals surface area (Å²) < 4.78 is 11.3. The lowest BCUT2D eigenvalue weighted by atomic mass is 10.2. The fourth-order valence-electron chi connectivity index (χ4n) is 3.22. The van der Waals surface area contributed by atoms with Crippen molar-refractivity contribution in [1.29, 1.82) is 0 Å². The van der Waals surface area contributed by atoms with Gasteiger partial charge in [0.1, 0.15) is 0 Å². The average Bonchev–Trinajstić information content (AvgIpc) is 3.26. The van der Waals surface area contributed by atoms with Crippen molar-refractivity contribution in [3.8, 4) is 0 Å². The molecule has 0 aromatic carbocycles. The molecule has 1 saturated heterocycles. The smallest absolute Gasteiger partial charge is 0.157 e. The lowest BCUT2D eigenvalue weighted by Crippen LogP contribution is -2.22. The van der Waals surface area contributed by atoms with E-state index >= 15 is 0 Å². The predicted molar refractivity (Wildman–Crippen MR) is 93.4 cm³/mol. The Morgan fingerprint density at radius 1 is 1.17 bits per heavy atom. The Kier molecular flexibility index (Phi) is 6.47. The zero-order chi connectivity index (χ0) is 15.7. The molecule has 0 N–H and O–H groups in total. The largest absolute Gasteiger partial charge is 0.366 e. The Morgan fingerprint density at radius 3 is 2.96 bits per heavy atom. The van der Waals surface area contributed by atoms with Gasteiger partial charge in [-0.2, -0.15) is 0 Å². The van der Waals surface area contributed by atoms with Gasteiger partial charge in [0.2, 0.25) is 0 Å². The molecule has 0 saturated carbocycles. The first kappa shape index (κ1) is 16.5. The molecule has 4 nitrogen and oxygen atoms in total. The molecule has 0 spiro atoms. The molecule has 0 amide bonds. The van der Waals surface area contributed by atoms with Crippen LogP contribution in [-0.2, 0) is 9.47 Å². The summed E-state index contributed by atoms with van der Waals surface area (Å²) in [5.74, 6) is 0. The summed E-state index contributed by atoms with van der Waals surface area (Å²) in [5, 5.41) is 0. The second-order valence-electron chi connectivity index (χ2n) is 6.34. The standard InChI is InChI=1S/C19H28N2O2/c1(2-5-15-22-19-11-3-6-16-23-19)4-13-21-14-8-10-18(21)17-9-7-12-20-17/h7-10,12,19H,1-6,11,13-16H2. The van der Waals surface area contributed by atoms with E-state index in [1.165, 1.54) is 37.8 Å². The van der Waals surface area contributed by atoms with Gasteiger partial charge in [-0.15, -0.1) is 0 Å². The number of ether oxygens (including phenoxy) is 2. The molecule has 0 bridgehead atoms. The normalized spacial score (nSPS) is 26.6. The molecule has 4 heteroatoms. The Morgan fingerprint density at radius 2 is 2.13 bits per heavy atom. The molecule has 0 radical (unpaired) electrons. The van der Waals surface area contributed by atoms with Crippen molar-refractivity contribution in [3.05, 3.63) is 35.7 Å². The fourth-order valence-corrected chi connectivity index (χ4v) is 3.22. The first-order valence-electron chi connectivity index (χ1n) is 9.03. The molecule has 3 aliphatic rings. The molecule has 1 unspecified atom stereocenters. The van der Waals surface area contributed by atoms with Crippen LogP contribution in [0.4, 0.5) is 0 Å². The van der Waals surface area contributed by atoms with E-state index in [0.29, 0.717) is 0 Å². The zero-order valence-electron chi connectivity index (χ0n) is 14.0. The molecule has 0 aliphatic carbocycles. The van der Waals surface area contributed by atoms with Crippen molar-refractivity contribution in [2.24, 2.45) is 4.99 Å². The van der Waals surface area contributed by atoms with Crippen LogP contribution in [0.1, 0.15) is 44.9 Å². The lowest BCUT2D eigenvalue weighted by molar-refractivity contribution is -0.162. The van der Waals surface area contributed by atoms with Crippen LogP contribution in [0.25, 0.3) is 0 Å². The maximum Gasteiger partial charge on any atom is 0.157 e. The minimum atomic E-state index is 0.0635. The number of nitrogens with zero attached hydrogens (tertiary/aromatic N) is 2. The van der Waals surface area contributed by atoms with Gasteiger partial charge in [0.25, 0.3) is 0 Å². The van der Waals surface area contributed by atoms with E-state index in [2.05, 4.69) is 28.1 Å². The second kappa shape index (κ2) is 9.04. The first-order valence-corrected chi connectivity index (χ1v) is 9.03. The third kappa shape index (κ3) is 5.05. The van der Waals surface area contributed by atoms with E-state index in [4.69, 9.17) is 9.47 Å². The molecule has 3 heterocycles. The molecule has 23 heavy (non-hydrogen) atoms. The van der Waals surface area contributed by atoms with Crippen LogP contribution in [0.15, 0.2) is 40.7 Å². The number of hydrogen-bond acceptors (Lipinski definition) is 4. The van der Waals surface area contributed by atoms with Gasteiger partial charge in [0, 0.05) is 32.5 Å². The summed E-state index contributed by atoms with van der Waals surface area (Å²) in [6.45, 7) is 3.84. The van der Waals surface area contributed by atoms with Gasteiger partial charge in [-0.05, 0) is 50.3 Å².